The van der Waals surface area contributed by atoms with Crippen LogP contribution in [0, 0.1) is 5.92 Å². The quantitative estimate of drug-likeness (QED) is 0.821. The van der Waals surface area contributed by atoms with Crippen molar-refractivity contribution in [2.24, 2.45) is 11.7 Å². The third kappa shape index (κ3) is 2.32. The number of nitrogens with two attached hydrogens (primary N) is 1. The van der Waals surface area contributed by atoms with Crippen LogP contribution in [0.15, 0.2) is 12.3 Å². The molecule has 1 aromatic rings. The average Bonchev–Trinajstić information content (AvgIpc) is 2.29. The first-order valence-electron chi connectivity index (χ1n) is 5.99. The van der Waals surface area contributed by atoms with Crippen LogP contribution >= 0.6 is 0 Å². The molecule has 0 saturated carbocycles. The molecule has 1 saturated heterocycles. The zero-order valence-electron chi connectivity index (χ0n) is 10.1. The van der Waals surface area contributed by atoms with Crippen molar-refractivity contribution in [2.75, 3.05) is 11.4 Å². The summed E-state index contributed by atoms with van der Waals surface area (Å²) in [7, 11) is 0. The maximum atomic E-state index is 5.60. The van der Waals surface area contributed by atoms with Crippen molar-refractivity contribution in [1.29, 1.82) is 0 Å². The van der Waals surface area contributed by atoms with Crippen molar-refractivity contribution in [1.82, 2.24) is 9.97 Å². The lowest BCUT2D eigenvalue weighted by molar-refractivity contribution is 0.373. The van der Waals surface area contributed by atoms with Gasteiger partial charge < -0.3 is 10.6 Å². The van der Waals surface area contributed by atoms with Crippen LogP contribution < -0.4 is 10.6 Å². The molecule has 0 radical (unpaired) electrons. The molecule has 2 unspecified atom stereocenters. The van der Waals surface area contributed by atoms with Gasteiger partial charge in [0.15, 0.2) is 0 Å². The van der Waals surface area contributed by atoms with Crippen molar-refractivity contribution in [3.8, 4) is 0 Å². The van der Waals surface area contributed by atoms with Gasteiger partial charge in [-0.15, -0.1) is 0 Å². The first-order valence-corrected chi connectivity index (χ1v) is 5.99. The number of nitrogens with zero attached hydrogens (tertiary/aromatic N) is 3. The summed E-state index contributed by atoms with van der Waals surface area (Å²) in [4.78, 5) is 11.1. The van der Waals surface area contributed by atoms with Gasteiger partial charge in [-0.05, 0) is 31.7 Å². The van der Waals surface area contributed by atoms with Crippen LogP contribution in [0.1, 0.15) is 32.4 Å². The molecule has 0 aliphatic carbocycles. The second-order valence-electron chi connectivity index (χ2n) is 4.72. The summed E-state index contributed by atoms with van der Waals surface area (Å²) in [6, 6.07) is 2.40. The number of piperidine rings is 1. The molecule has 0 spiro atoms. The number of anilines is 1. The van der Waals surface area contributed by atoms with Crippen LogP contribution in [0.2, 0.25) is 0 Å². The van der Waals surface area contributed by atoms with Gasteiger partial charge in [-0.25, -0.2) is 9.97 Å². The van der Waals surface area contributed by atoms with E-state index in [9.17, 15) is 0 Å². The van der Waals surface area contributed by atoms with E-state index in [4.69, 9.17) is 5.73 Å². The first kappa shape index (κ1) is 11.3. The Kier molecular flexibility index (Phi) is 3.39. The Balaban J connectivity index is 2.16. The molecule has 4 heteroatoms. The Bertz CT molecular complexity index is 353. The summed E-state index contributed by atoms with van der Waals surface area (Å²) in [6.07, 6.45) is 4.24. The molecule has 1 aliphatic rings. The van der Waals surface area contributed by atoms with E-state index in [2.05, 4.69) is 28.7 Å². The van der Waals surface area contributed by atoms with Gasteiger partial charge in [0.25, 0.3) is 0 Å². The molecule has 2 rings (SSSR count). The van der Waals surface area contributed by atoms with Crippen LogP contribution in [-0.2, 0) is 6.54 Å². The van der Waals surface area contributed by atoms with E-state index >= 15 is 0 Å². The second-order valence-corrected chi connectivity index (χ2v) is 4.72. The van der Waals surface area contributed by atoms with Crippen molar-refractivity contribution in [3.63, 3.8) is 0 Å². The van der Waals surface area contributed by atoms with E-state index < -0.39 is 0 Å². The molecule has 1 aliphatic heterocycles. The summed E-state index contributed by atoms with van der Waals surface area (Å²) in [6.45, 7) is 6.09. The molecule has 1 aromatic heterocycles. The predicted octanol–water partition coefficient (Wildman–Crippen LogP) is 1.56. The topological polar surface area (TPSA) is 55.0 Å². The van der Waals surface area contributed by atoms with Crippen molar-refractivity contribution < 1.29 is 0 Å². The fraction of sp³-hybridized carbons (Fsp3) is 0.667. The minimum atomic E-state index is 0.480. The van der Waals surface area contributed by atoms with Crippen molar-refractivity contribution >= 4 is 5.95 Å². The molecule has 2 atom stereocenters. The Labute approximate surface area is 96.9 Å². The minimum absolute atomic E-state index is 0.480. The van der Waals surface area contributed by atoms with Crippen molar-refractivity contribution in [3.05, 3.63) is 18.0 Å². The molecular formula is C12H20N4. The van der Waals surface area contributed by atoms with E-state index in [0.717, 1.165) is 24.1 Å². The summed E-state index contributed by atoms with van der Waals surface area (Å²) in [5, 5.41) is 0. The maximum absolute atomic E-state index is 5.60. The van der Waals surface area contributed by atoms with Crippen LogP contribution in [0.4, 0.5) is 5.95 Å². The highest BCUT2D eigenvalue weighted by molar-refractivity contribution is 5.32. The zero-order valence-corrected chi connectivity index (χ0v) is 10.1. The highest BCUT2D eigenvalue weighted by atomic mass is 15.3. The van der Waals surface area contributed by atoms with E-state index in [1.165, 1.54) is 12.8 Å². The van der Waals surface area contributed by atoms with Gasteiger partial charge >= 0.3 is 0 Å². The third-order valence-corrected chi connectivity index (χ3v) is 3.30. The largest absolute Gasteiger partial charge is 0.338 e. The Morgan fingerprint density at radius 3 is 3.00 bits per heavy atom. The summed E-state index contributed by atoms with van der Waals surface area (Å²) >= 11 is 0. The highest BCUT2D eigenvalue weighted by Gasteiger charge is 2.24. The SMILES string of the molecule is CC1CCN(c2nccc(CN)n2)C(C)C1. The van der Waals surface area contributed by atoms with E-state index in [0.29, 0.717) is 12.6 Å². The van der Waals surface area contributed by atoms with E-state index in [1.807, 2.05) is 6.07 Å². The average molecular weight is 220 g/mol. The number of rotatable bonds is 2. The van der Waals surface area contributed by atoms with Gasteiger partial charge in [0.2, 0.25) is 5.95 Å². The van der Waals surface area contributed by atoms with Crippen molar-refractivity contribution in [2.45, 2.75) is 39.3 Å². The standard InChI is InChI=1S/C12H20N4/c1-9-4-6-16(10(2)7-9)12-14-5-3-11(8-13)15-12/h3,5,9-10H,4,6-8,13H2,1-2H3. The third-order valence-electron chi connectivity index (χ3n) is 3.30. The van der Waals surface area contributed by atoms with E-state index in [-0.39, 0.29) is 0 Å². The molecule has 16 heavy (non-hydrogen) atoms. The van der Waals surface area contributed by atoms with Gasteiger partial charge in [0, 0.05) is 25.3 Å². The number of hydrogen-bond acceptors (Lipinski definition) is 4. The lowest BCUT2D eigenvalue weighted by Crippen LogP contribution is -2.41. The lowest BCUT2D eigenvalue weighted by Gasteiger charge is -2.36. The van der Waals surface area contributed by atoms with E-state index in [1.54, 1.807) is 6.20 Å². The Morgan fingerprint density at radius 2 is 2.31 bits per heavy atom. The highest BCUT2D eigenvalue weighted by Crippen LogP contribution is 2.25. The van der Waals surface area contributed by atoms with Gasteiger partial charge in [0.1, 0.15) is 0 Å². The maximum Gasteiger partial charge on any atom is 0.225 e. The fourth-order valence-corrected chi connectivity index (χ4v) is 2.34. The van der Waals surface area contributed by atoms with Crippen LogP contribution in [0.3, 0.4) is 0 Å². The van der Waals surface area contributed by atoms with Gasteiger partial charge in [-0.3, -0.25) is 0 Å². The Morgan fingerprint density at radius 1 is 1.50 bits per heavy atom. The van der Waals surface area contributed by atoms with Gasteiger partial charge in [0.05, 0.1) is 5.69 Å². The molecule has 0 bridgehead atoms. The number of hydrogen-bond donors (Lipinski definition) is 1. The molecule has 1 fully saturated rings. The summed E-state index contributed by atoms with van der Waals surface area (Å²) < 4.78 is 0. The fourth-order valence-electron chi connectivity index (χ4n) is 2.34. The molecule has 4 nitrogen and oxygen atoms in total. The number of aromatic nitrogens is 2. The summed E-state index contributed by atoms with van der Waals surface area (Å²) in [5.41, 5.74) is 6.51. The minimum Gasteiger partial charge on any atom is -0.338 e. The molecular weight excluding hydrogens is 200 g/mol. The molecule has 88 valence electrons. The van der Waals surface area contributed by atoms with Crippen LogP contribution in [0.5, 0.6) is 0 Å². The van der Waals surface area contributed by atoms with Crippen LogP contribution in [-0.4, -0.2) is 22.6 Å². The molecule has 2 N–H and O–H groups in total. The zero-order chi connectivity index (χ0) is 11.5. The van der Waals surface area contributed by atoms with Gasteiger partial charge in [-0.2, -0.15) is 0 Å². The normalized spacial score (nSPS) is 25.8. The monoisotopic (exact) mass is 220 g/mol. The predicted molar refractivity (Wildman–Crippen MR) is 65.1 cm³/mol. The smallest absolute Gasteiger partial charge is 0.225 e. The molecule has 2 heterocycles. The second kappa shape index (κ2) is 4.78. The Hall–Kier alpha value is -1.16. The molecule has 0 amide bonds. The molecule has 0 aromatic carbocycles. The summed E-state index contributed by atoms with van der Waals surface area (Å²) in [5.74, 6) is 1.64. The first-order chi connectivity index (χ1) is 7.70. The van der Waals surface area contributed by atoms with Gasteiger partial charge in [-0.1, -0.05) is 6.92 Å². The lowest BCUT2D eigenvalue weighted by atomic mass is 9.94. The van der Waals surface area contributed by atoms with Crippen LogP contribution in [0.25, 0.3) is 0 Å².